The van der Waals surface area contributed by atoms with Crippen LogP contribution in [-0.2, 0) is 10.3 Å². The van der Waals surface area contributed by atoms with Crippen LogP contribution in [0.5, 0.6) is 0 Å². The van der Waals surface area contributed by atoms with Gasteiger partial charge in [0.25, 0.3) is 0 Å². The third-order valence-corrected chi connectivity index (χ3v) is 3.54. The van der Waals surface area contributed by atoms with E-state index in [4.69, 9.17) is 9.15 Å². The van der Waals surface area contributed by atoms with Crippen LogP contribution in [0.1, 0.15) is 18.6 Å². The number of halogens is 1. The van der Waals surface area contributed by atoms with Crippen molar-refractivity contribution in [2.75, 3.05) is 13.7 Å². The molecule has 1 aromatic heterocycles. The molecule has 0 saturated heterocycles. The third kappa shape index (κ3) is 1.72. The number of fused-ring (bicyclic) bond motifs is 1. The van der Waals surface area contributed by atoms with Crippen LogP contribution in [-0.4, -0.2) is 18.8 Å². The van der Waals surface area contributed by atoms with Gasteiger partial charge in [0.2, 0.25) is 0 Å². The minimum Gasteiger partial charge on any atom is -0.455 e. The van der Waals surface area contributed by atoms with Gasteiger partial charge in [0, 0.05) is 12.5 Å². The molecule has 0 aliphatic heterocycles. The monoisotopic (exact) mass is 250 g/mol. The molecule has 1 aromatic carbocycles. The summed E-state index contributed by atoms with van der Waals surface area (Å²) in [6.45, 7) is 0.166. The number of methoxy groups -OCH3 is 1. The maximum atomic E-state index is 13.6. The van der Waals surface area contributed by atoms with E-state index in [1.54, 1.807) is 18.2 Å². The van der Waals surface area contributed by atoms with Gasteiger partial charge in [0.1, 0.15) is 11.4 Å². The normalized spacial score (nSPS) is 19.1. The summed E-state index contributed by atoms with van der Waals surface area (Å²) in [7, 11) is 1.54. The maximum Gasteiger partial charge on any atom is 0.170 e. The Balaban J connectivity index is 2.09. The zero-order chi connectivity index (χ0) is 12.8. The predicted molar refractivity (Wildman–Crippen MR) is 64.7 cm³/mol. The molecule has 0 spiro atoms. The van der Waals surface area contributed by atoms with Crippen molar-refractivity contribution in [3.63, 3.8) is 0 Å². The molecule has 3 rings (SSSR count). The minimum absolute atomic E-state index is 0.140. The highest BCUT2D eigenvalue weighted by Crippen LogP contribution is 2.47. The topological polar surface area (TPSA) is 42.6 Å². The van der Waals surface area contributed by atoms with Crippen molar-refractivity contribution in [3.05, 3.63) is 35.8 Å². The molecule has 3 nitrogen and oxygen atoms in total. The molecule has 1 atom stereocenters. The van der Waals surface area contributed by atoms with Crippen LogP contribution in [0.25, 0.3) is 11.0 Å². The number of furan rings is 1. The lowest BCUT2D eigenvalue weighted by Gasteiger charge is -2.24. The highest BCUT2D eigenvalue weighted by atomic mass is 19.1. The summed E-state index contributed by atoms with van der Waals surface area (Å²) in [6, 6.07) is 6.45. The van der Waals surface area contributed by atoms with Gasteiger partial charge >= 0.3 is 0 Å². The van der Waals surface area contributed by atoms with Gasteiger partial charge in [-0.2, -0.15) is 0 Å². The molecule has 1 heterocycles. The highest BCUT2D eigenvalue weighted by molar-refractivity contribution is 5.78. The Morgan fingerprint density at radius 2 is 2.28 bits per heavy atom. The molecule has 1 unspecified atom stereocenters. The quantitative estimate of drug-likeness (QED) is 0.907. The Labute approximate surface area is 104 Å². The Morgan fingerprint density at radius 1 is 1.50 bits per heavy atom. The smallest absolute Gasteiger partial charge is 0.170 e. The largest absolute Gasteiger partial charge is 0.455 e. The van der Waals surface area contributed by atoms with E-state index in [2.05, 4.69) is 0 Å². The molecule has 1 fully saturated rings. The molecular weight excluding hydrogens is 235 g/mol. The first-order valence-corrected chi connectivity index (χ1v) is 6.05. The SMILES string of the molecule is COCC(O)(c1cc2cccc(F)c2o1)C1CC1. The summed E-state index contributed by atoms with van der Waals surface area (Å²) < 4.78 is 24.2. The van der Waals surface area contributed by atoms with Crippen LogP contribution in [0, 0.1) is 11.7 Å². The van der Waals surface area contributed by atoms with Crippen molar-refractivity contribution in [3.8, 4) is 0 Å². The molecule has 96 valence electrons. The molecule has 0 radical (unpaired) electrons. The molecule has 18 heavy (non-hydrogen) atoms. The Bertz CT molecular complexity index is 573. The zero-order valence-electron chi connectivity index (χ0n) is 10.1. The number of aliphatic hydroxyl groups is 1. The second-order valence-corrected chi connectivity index (χ2v) is 4.90. The van der Waals surface area contributed by atoms with E-state index < -0.39 is 11.4 Å². The van der Waals surface area contributed by atoms with Crippen LogP contribution in [0.4, 0.5) is 4.39 Å². The van der Waals surface area contributed by atoms with Crippen LogP contribution >= 0.6 is 0 Å². The zero-order valence-corrected chi connectivity index (χ0v) is 10.1. The molecule has 0 amide bonds. The molecule has 1 aliphatic carbocycles. The summed E-state index contributed by atoms with van der Waals surface area (Å²) in [4.78, 5) is 0. The highest BCUT2D eigenvalue weighted by Gasteiger charge is 2.47. The van der Waals surface area contributed by atoms with Gasteiger partial charge in [-0.05, 0) is 30.9 Å². The summed E-state index contributed by atoms with van der Waals surface area (Å²) in [6.07, 6.45) is 1.89. The van der Waals surface area contributed by atoms with Crippen LogP contribution < -0.4 is 0 Å². The Morgan fingerprint density at radius 3 is 2.89 bits per heavy atom. The summed E-state index contributed by atoms with van der Waals surface area (Å²) in [5, 5.41) is 11.3. The summed E-state index contributed by atoms with van der Waals surface area (Å²) in [5.41, 5.74) is -0.942. The van der Waals surface area contributed by atoms with E-state index in [0.717, 1.165) is 12.8 Å². The van der Waals surface area contributed by atoms with Gasteiger partial charge in [-0.15, -0.1) is 0 Å². The molecule has 1 aliphatic rings. The van der Waals surface area contributed by atoms with E-state index in [1.165, 1.54) is 13.2 Å². The first kappa shape index (κ1) is 11.7. The number of hydrogen-bond acceptors (Lipinski definition) is 3. The molecular formula is C14H15FO3. The standard InChI is InChI=1S/C14H15FO3/c1-17-8-14(16,10-5-6-10)12-7-9-3-2-4-11(15)13(9)18-12/h2-4,7,10,16H,5-6,8H2,1H3. The fourth-order valence-corrected chi connectivity index (χ4v) is 2.41. The molecule has 4 heteroatoms. The molecule has 0 bridgehead atoms. The van der Waals surface area contributed by atoms with Crippen molar-refractivity contribution >= 4 is 11.0 Å². The lowest BCUT2D eigenvalue weighted by atomic mass is 9.95. The average molecular weight is 250 g/mol. The van der Waals surface area contributed by atoms with Crippen LogP contribution in [0.3, 0.4) is 0 Å². The van der Waals surface area contributed by atoms with Gasteiger partial charge in [0.15, 0.2) is 11.4 Å². The Kier molecular flexibility index (Phi) is 2.64. The van der Waals surface area contributed by atoms with E-state index in [-0.39, 0.29) is 18.1 Å². The van der Waals surface area contributed by atoms with Crippen LogP contribution in [0.2, 0.25) is 0 Å². The number of benzene rings is 1. The van der Waals surface area contributed by atoms with E-state index in [9.17, 15) is 9.50 Å². The van der Waals surface area contributed by atoms with E-state index >= 15 is 0 Å². The van der Waals surface area contributed by atoms with Crippen molar-refractivity contribution in [2.45, 2.75) is 18.4 Å². The molecule has 1 saturated carbocycles. The predicted octanol–water partition coefficient (Wildman–Crippen LogP) is 2.82. The summed E-state index contributed by atoms with van der Waals surface area (Å²) >= 11 is 0. The van der Waals surface area contributed by atoms with Gasteiger partial charge in [-0.3, -0.25) is 0 Å². The first-order valence-electron chi connectivity index (χ1n) is 6.05. The van der Waals surface area contributed by atoms with E-state index in [1.807, 2.05) is 0 Å². The number of hydrogen-bond donors (Lipinski definition) is 1. The average Bonchev–Trinajstić information content (AvgIpc) is 3.10. The molecule has 2 aromatic rings. The van der Waals surface area contributed by atoms with Crippen LogP contribution in [0.15, 0.2) is 28.7 Å². The van der Waals surface area contributed by atoms with E-state index in [0.29, 0.717) is 11.1 Å². The van der Waals surface area contributed by atoms with Gasteiger partial charge < -0.3 is 14.3 Å². The van der Waals surface area contributed by atoms with Gasteiger partial charge in [-0.1, -0.05) is 12.1 Å². The fraction of sp³-hybridized carbons (Fsp3) is 0.429. The third-order valence-electron chi connectivity index (χ3n) is 3.54. The first-order chi connectivity index (χ1) is 8.65. The second-order valence-electron chi connectivity index (χ2n) is 4.90. The maximum absolute atomic E-state index is 13.6. The van der Waals surface area contributed by atoms with Crippen molar-refractivity contribution < 1.29 is 18.7 Å². The fourth-order valence-electron chi connectivity index (χ4n) is 2.41. The number of para-hydroxylation sites is 1. The number of rotatable bonds is 4. The van der Waals surface area contributed by atoms with Crippen molar-refractivity contribution in [1.82, 2.24) is 0 Å². The van der Waals surface area contributed by atoms with Crippen molar-refractivity contribution in [1.29, 1.82) is 0 Å². The molecule has 1 N–H and O–H groups in total. The van der Waals surface area contributed by atoms with Gasteiger partial charge in [0.05, 0.1) is 6.61 Å². The Hall–Kier alpha value is -1.39. The number of ether oxygens (including phenoxy) is 1. The van der Waals surface area contributed by atoms with Gasteiger partial charge in [-0.25, -0.2) is 4.39 Å². The van der Waals surface area contributed by atoms with Crippen molar-refractivity contribution in [2.24, 2.45) is 5.92 Å². The lowest BCUT2D eigenvalue weighted by molar-refractivity contribution is -0.0670. The summed E-state index contributed by atoms with van der Waals surface area (Å²) in [5.74, 6) is 0.127. The lowest BCUT2D eigenvalue weighted by Crippen LogP contribution is -2.33. The second kappa shape index (κ2) is 4.07. The minimum atomic E-state index is -1.14.